The van der Waals surface area contributed by atoms with Crippen molar-refractivity contribution in [2.45, 2.75) is 0 Å². The summed E-state index contributed by atoms with van der Waals surface area (Å²) in [6.07, 6.45) is 1.77. The first-order valence-corrected chi connectivity index (χ1v) is 9.29. The average molecular weight is 389 g/mol. The highest BCUT2D eigenvalue weighted by atomic mass is 19.1. The highest BCUT2D eigenvalue weighted by Crippen LogP contribution is 2.19. The van der Waals surface area contributed by atoms with Gasteiger partial charge >= 0.3 is 0 Å². The Morgan fingerprint density at radius 3 is 2.55 bits per heavy atom. The maximum atomic E-state index is 13.6. The van der Waals surface area contributed by atoms with E-state index in [1.165, 1.54) is 6.07 Å². The normalized spacial score (nSPS) is 10.8. The third-order valence-electron chi connectivity index (χ3n) is 4.71. The molecule has 0 spiro atoms. The Hall–Kier alpha value is -3.67. The van der Waals surface area contributed by atoms with Crippen LogP contribution in [-0.2, 0) is 0 Å². The number of para-hydroxylation sites is 3. The van der Waals surface area contributed by atoms with Crippen molar-refractivity contribution in [3.8, 4) is 11.4 Å². The minimum Gasteiger partial charge on any atom is -0.489 e. The molecule has 0 aliphatic heterocycles. The fourth-order valence-corrected chi connectivity index (χ4v) is 3.11. The van der Waals surface area contributed by atoms with Gasteiger partial charge in [-0.05, 0) is 48.5 Å². The Morgan fingerprint density at radius 2 is 1.76 bits per heavy atom. The lowest BCUT2D eigenvalue weighted by Gasteiger charge is -2.18. The molecular weight excluding hydrogens is 369 g/mol. The number of hydrogen-bond donors (Lipinski definition) is 0. The van der Waals surface area contributed by atoms with Gasteiger partial charge in [0.1, 0.15) is 12.9 Å². The van der Waals surface area contributed by atoms with Crippen LogP contribution in [0.25, 0.3) is 16.7 Å². The number of rotatable bonds is 6. The molecule has 0 atom stereocenters. The third-order valence-corrected chi connectivity index (χ3v) is 4.71. The first-order chi connectivity index (χ1) is 14.1. The number of benzene rings is 3. The molecule has 0 radical (unpaired) electrons. The molecule has 6 heteroatoms. The van der Waals surface area contributed by atoms with Crippen molar-refractivity contribution < 1.29 is 13.9 Å². The van der Waals surface area contributed by atoms with Gasteiger partial charge in [-0.1, -0.05) is 24.3 Å². The Morgan fingerprint density at radius 1 is 1.03 bits per heavy atom. The van der Waals surface area contributed by atoms with Gasteiger partial charge in [0, 0.05) is 18.3 Å². The molecule has 1 aromatic heterocycles. The number of hydrogen-bond acceptors (Lipinski definition) is 3. The molecule has 0 N–H and O–H groups in total. The van der Waals surface area contributed by atoms with Gasteiger partial charge in [0.15, 0.2) is 11.6 Å². The highest BCUT2D eigenvalue weighted by Gasteiger charge is 2.13. The van der Waals surface area contributed by atoms with Gasteiger partial charge < -0.3 is 9.64 Å². The number of carbonyl (C=O) groups is 1. The number of nitrogens with zero attached hydrogens (tertiary/aromatic N) is 3. The van der Waals surface area contributed by atoms with Gasteiger partial charge in [-0.15, -0.1) is 0 Å². The first-order valence-electron chi connectivity index (χ1n) is 9.29. The van der Waals surface area contributed by atoms with E-state index >= 15 is 0 Å². The molecule has 29 heavy (non-hydrogen) atoms. The molecule has 0 aliphatic carbocycles. The number of imidazole rings is 1. The fourth-order valence-electron chi connectivity index (χ4n) is 3.11. The van der Waals surface area contributed by atoms with E-state index in [4.69, 9.17) is 4.74 Å². The smallest absolute Gasteiger partial charge is 0.253 e. The summed E-state index contributed by atoms with van der Waals surface area (Å²) in [5.41, 5.74) is 3.43. The molecule has 0 aliphatic rings. The molecular formula is C23H20FN3O2. The summed E-state index contributed by atoms with van der Waals surface area (Å²) in [7, 11) is 1.70. The highest BCUT2D eigenvalue weighted by molar-refractivity contribution is 5.94. The molecule has 1 heterocycles. The van der Waals surface area contributed by atoms with Crippen molar-refractivity contribution in [2.24, 2.45) is 0 Å². The van der Waals surface area contributed by atoms with Crippen LogP contribution in [0.5, 0.6) is 5.75 Å². The zero-order valence-corrected chi connectivity index (χ0v) is 16.0. The quantitative estimate of drug-likeness (QED) is 0.494. The summed E-state index contributed by atoms with van der Waals surface area (Å²) in [6.45, 7) is 0.559. The van der Waals surface area contributed by atoms with Crippen LogP contribution in [0.15, 0.2) is 79.1 Å². The topological polar surface area (TPSA) is 47.4 Å². The summed E-state index contributed by atoms with van der Waals surface area (Å²) in [5.74, 6) is -0.349. The zero-order valence-electron chi connectivity index (χ0n) is 16.0. The number of halogens is 1. The van der Waals surface area contributed by atoms with E-state index in [1.807, 2.05) is 41.0 Å². The molecule has 0 fully saturated rings. The Kier molecular flexibility index (Phi) is 5.24. The Bertz CT molecular complexity index is 1140. The molecule has 0 unspecified atom stereocenters. The van der Waals surface area contributed by atoms with E-state index in [-0.39, 0.29) is 18.3 Å². The van der Waals surface area contributed by atoms with Crippen LogP contribution in [0.2, 0.25) is 0 Å². The molecule has 5 nitrogen and oxygen atoms in total. The number of carbonyl (C=O) groups excluding carboxylic acids is 1. The lowest BCUT2D eigenvalue weighted by atomic mass is 10.2. The first kappa shape index (κ1) is 18.7. The van der Waals surface area contributed by atoms with Crippen LogP contribution in [0.1, 0.15) is 10.4 Å². The number of likely N-dealkylation sites (N-methyl/N-ethyl adjacent to an activating group) is 1. The van der Waals surface area contributed by atoms with E-state index in [0.717, 1.165) is 16.7 Å². The number of amides is 1. The summed E-state index contributed by atoms with van der Waals surface area (Å²) >= 11 is 0. The SMILES string of the molecule is CN(CCOc1ccccc1F)C(=O)c1ccc(-n2cnc3ccccc32)cc1. The van der Waals surface area contributed by atoms with Gasteiger partial charge in [-0.25, -0.2) is 9.37 Å². The average Bonchev–Trinajstić information content (AvgIpc) is 3.19. The van der Waals surface area contributed by atoms with E-state index in [9.17, 15) is 9.18 Å². The van der Waals surface area contributed by atoms with E-state index in [1.54, 1.807) is 48.6 Å². The van der Waals surface area contributed by atoms with Crippen LogP contribution in [0.3, 0.4) is 0 Å². The second-order valence-electron chi connectivity index (χ2n) is 6.66. The van der Waals surface area contributed by atoms with Gasteiger partial charge in [-0.3, -0.25) is 9.36 Å². The molecule has 0 saturated heterocycles. The summed E-state index contributed by atoms with van der Waals surface area (Å²) < 4.78 is 21.0. The van der Waals surface area contributed by atoms with Crippen molar-refractivity contribution in [3.05, 3.63) is 90.5 Å². The van der Waals surface area contributed by atoms with Crippen molar-refractivity contribution in [3.63, 3.8) is 0 Å². The van der Waals surface area contributed by atoms with Gasteiger partial charge in [0.25, 0.3) is 5.91 Å². The molecule has 0 saturated carbocycles. The molecule has 0 bridgehead atoms. The van der Waals surface area contributed by atoms with E-state index < -0.39 is 5.82 Å². The minimum absolute atomic E-state index is 0.121. The van der Waals surface area contributed by atoms with Crippen LogP contribution in [0, 0.1) is 5.82 Å². The number of fused-ring (bicyclic) bond motifs is 1. The fraction of sp³-hybridized carbons (Fsp3) is 0.130. The molecule has 146 valence electrons. The van der Waals surface area contributed by atoms with Crippen LogP contribution < -0.4 is 4.74 Å². The zero-order chi connectivity index (χ0) is 20.2. The predicted octanol–water partition coefficient (Wildman–Crippen LogP) is 4.32. The van der Waals surface area contributed by atoms with Crippen LogP contribution >= 0.6 is 0 Å². The van der Waals surface area contributed by atoms with Gasteiger partial charge in [-0.2, -0.15) is 0 Å². The third kappa shape index (κ3) is 3.96. The molecule has 3 aromatic carbocycles. The maximum absolute atomic E-state index is 13.6. The van der Waals surface area contributed by atoms with Crippen LogP contribution in [0.4, 0.5) is 4.39 Å². The standard InChI is InChI=1S/C23H20FN3O2/c1-26(14-15-29-22-9-5-2-6-19(22)24)23(28)17-10-12-18(13-11-17)27-16-25-20-7-3-4-8-21(20)27/h2-13,16H,14-15H2,1H3. The Labute approximate surface area is 168 Å². The lowest BCUT2D eigenvalue weighted by Crippen LogP contribution is -2.30. The maximum Gasteiger partial charge on any atom is 0.253 e. The van der Waals surface area contributed by atoms with E-state index in [2.05, 4.69) is 4.98 Å². The largest absolute Gasteiger partial charge is 0.489 e. The number of aromatic nitrogens is 2. The lowest BCUT2D eigenvalue weighted by molar-refractivity contribution is 0.0773. The van der Waals surface area contributed by atoms with Crippen LogP contribution in [-0.4, -0.2) is 40.6 Å². The Balaban J connectivity index is 1.40. The molecule has 4 aromatic rings. The summed E-state index contributed by atoms with van der Waals surface area (Å²) in [6, 6.07) is 21.5. The summed E-state index contributed by atoms with van der Waals surface area (Å²) in [4.78, 5) is 18.6. The monoisotopic (exact) mass is 389 g/mol. The molecule has 4 rings (SSSR count). The predicted molar refractivity (Wildman–Crippen MR) is 110 cm³/mol. The molecule has 1 amide bonds. The van der Waals surface area contributed by atoms with Gasteiger partial charge in [0.05, 0.1) is 17.6 Å². The van der Waals surface area contributed by atoms with Crippen molar-refractivity contribution >= 4 is 16.9 Å². The van der Waals surface area contributed by atoms with Crippen molar-refractivity contribution in [2.75, 3.05) is 20.2 Å². The number of ether oxygens (including phenoxy) is 1. The van der Waals surface area contributed by atoms with E-state index in [0.29, 0.717) is 12.1 Å². The second kappa shape index (κ2) is 8.14. The second-order valence-corrected chi connectivity index (χ2v) is 6.66. The minimum atomic E-state index is -0.413. The van der Waals surface area contributed by atoms with Crippen molar-refractivity contribution in [1.29, 1.82) is 0 Å². The van der Waals surface area contributed by atoms with Gasteiger partial charge in [0.2, 0.25) is 0 Å². The van der Waals surface area contributed by atoms with Crippen molar-refractivity contribution in [1.82, 2.24) is 14.5 Å². The summed E-state index contributed by atoms with van der Waals surface area (Å²) in [5, 5.41) is 0.